The molecule has 0 atom stereocenters. The van der Waals surface area contributed by atoms with Gasteiger partial charge in [0.1, 0.15) is 5.82 Å². The van der Waals surface area contributed by atoms with Gasteiger partial charge in [0.15, 0.2) is 0 Å². The Labute approximate surface area is 203 Å². The van der Waals surface area contributed by atoms with Gasteiger partial charge in [0.05, 0.1) is 11.0 Å². The van der Waals surface area contributed by atoms with Gasteiger partial charge in [-0.3, -0.25) is 0 Å². The van der Waals surface area contributed by atoms with Crippen molar-refractivity contribution in [2.45, 2.75) is 32.7 Å². The van der Waals surface area contributed by atoms with Crippen molar-refractivity contribution < 1.29 is 0 Å². The van der Waals surface area contributed by atoms with Gasteiger partial charge >= 0.3 is 0 Å². The minimum Gasteiger partial charge on any atom is -0.323 e. The van der Waals surface area contributed by atoms with Crippen LogP contribution in [0.2, 0.25) is 0 Å². The standard InChI is InChI=1S/C29H26N6/c1-2-3-12-27-30-26-18-17-21-8-4-5-10-24(21)28(26)35(27)19-20-13-15-22(16-14-20)23-9-6-7-11-25(23)29-31-33-34-32-29/h4-11,13-18H,2-3,12,19H2,1H3,(H,31,32,33,34). The highest BCUT2D eigenvalue weighted by Crippen LogP contribution is 2.31. The molecule has 6 aromatic rings. The minimum atomic E-state index is 0.599. The third-order valence-corrected chi connectivity index (χ3v) is 6.58. The molecule has 0 aliphatic heterocycles. The summed E-state index contributed by atoms with van der Waals surface area (Å²) < 4.78 is 2.41. The maximum Gasteiger partial charge on any atom is 0.205 e. The smallest absolute Gasteiger partial charge is 0.205 e. The Morgan fingerprint density at radius 2 is 1.63 bits per heavy atom. The zero-order valence-corrected chi connectivity index (χ0v) is 19.6. The van der Waals surface area contributed by atoms with Crippen LogP contribution in [0, 0.1) is 0 Å². The first kappa shape index (κ1) is 21.2. The van der Waals surface area contributed by atoms with E-state index in [2.05, 4.69) is 98.8 Å². The van der Waals surface area contributed by atoms with Crippen molar-refractivity contribution in [3.63, 3.8) is 0 Å². The average Bonchev–Trinajstić information content (AvgIpc) is 3.57. The van der Waals surface area contributed by atoms with Gasteiger partial charge in [-0.05, 0) is 39.8 Å². The van der Waals surface area contributed by atoms with E-state index in [1.165, 1.54) is 21.9 Å². The van der Waals surface area contributed by atoms with Gasteiger partial charge < -0.3 is 4.57 Å². The Morgan fingerprint density at radius 3 is 2.43 bits per heavy atom. The number of nitrogens with zero attached hydrogens (tertiary/aromatic N) is 5. The van der Waals surface area contributed by atoms with E-state index >= 15 is 0 Å². The number of unbranched alkanes of at least 4 members (excludes halogenated alkanes) is 1. The molecule has 0 unspecified atom stereocenters. The second-order valence-electron chi connectivity index (χ2n) is 8.85. The fourth-order valence-corrected chi connectivity index (χ4v) is 4.82. The summed E-state index contributed by atoms with van der Waals surface area (Å²) >= 11 is 0. The van der Waals surface area contributed by atoms with Crippen LogP contribution in [0.15, 0.2) is 84.9 Å². The summed E-state index contributed by atoms with van der Waals surface area (Å²) in [7, 11) is 0. The molecular weight excluding hydrogens is 432 g/mol. The molecule has 1 N–H and O–H groups in total. The highest BCUT2D eigenvalue weighted by molar-refractivity contribution is 6.04. The lowest BCUT2D eigenvalue weighted by atomic mass is 9.98. The Bertz CT molecular complexity index is 1600. The number of H-pyrrole nitrogens is 1. The van der Waals surface area contributed by atoms with Gasteiger partial charge in [0, 0.05) is 23.9 Å². The average molecular weight is 459 g/mol. The van der Waals surface area contributed by atoms with Crippen LogP contribution in [0.5, 0.6) is 0 Å². The number of hydrogen-bond donors (Lipinski definition) is 1. The minimum absolute atomic E-state index is 0.599. The van der Waals surface area contributed by atoms with Crippen LogP contribution in [-0.4, -0.2) is 30.2 Å². The molecule has 0 amide bonds. The molecule has 0 saturated carbocycles. The third kappa shape index (κ3) is 3.97. The maximum atomic E-state index is 5.04. The van der Waals surface area contributed by atoms with Crippen LogP contribution in [-0.2, 0) is 13.0 Å². The number of nitrogens with one attached hydrogen (secondary N) is 1. The lowest BCUT2D eigenvalue weighted by Gasteiger charge is -2.12. The number of tetrazole rings is 1. The van der Waals surface area contributed by atoms with Crippen LogP contribution in [0.1, 0.15) is 31.2 Å². The highest BCUT2D eigenvalue weighted by atomic mass is 15.5. The SMILES string of the molecule is CCCCc1nc2ccc3ccccc3c2n1Cc1ccc(-c2ccccc2-c2nn[nH]n2)cc1. The molecule has 6 nitrogen and oxygen atoms in total. The predicted octanol–water partition coefficient (Wildman–Crippen LogP) is 6.43. The van der Waals surface area contributed by atoms with E-state index in [1.807, 2.05) is 18.2 Å². The molecule has 0 fully saturated rings. The number of benzene rings is 4. The first-order chi connectivity index (χ1) is 17.3. The fourth-order valence-electron chi connectivity index (χ4n) is 4.82. The van der Waals surface area contributed by atoms with E-state index < -0.39 is 0 Å². The number of hydrogen-bond acceptors (Lipinski definition) is 4. The molecule has 0 spiro atoms. The van der Waals surface area contributed by atoms with Crippen molar-refractivity contribution in [2.24, 2.45) is 0 Å². The molecule has 172 valence electrons. The Morgan fingerprint density at radius 1 is 0.829 bits per heavy atom. The summed E-state index contributed by atoms with van der Waals surface area (Å²) in [6.07, 6.45) is 3.27. The van der Waals surface area contributed by atoms with Gasteiger partial charge in [-0.25, -0.2) is 4.98 Å². The van der Waals surface area contributed by atoms with Crippen molar-refractivity contribution in [1.29, 1.82) is 0 Å². The summed E-state index contributed by atoms with van der Waals surface area (Å²) in [5.41, 5.74) is 6.71. The Balaban J connectivity index is 1.39. The van der Waals surface area contributed by atoms with Crippen LogP contribution in [0.25, 0.3) is 44.3 Å². The summed E-state index contributed by atoms with van der Waals surface area (Å²) in [6, 6.07) is 29.8. The largest absolute Gasteiger partial charge is 0.323 e. The molecule has 2 aromatic heterocycles. The van der Waals surface area contributed by atoms with Crippen molar-refractivity contribution in [3.05, 3.63) is 96.3 Å². The van der Waals surface area contributed by atoms with Gasteiger partial charge in [-0.15, -0.1) is 10.2 Å². The zero-order valence-electron chi connectivity index (χ0n) is 19.6. The molecule has 4 aromatic carbocycles. The lowest BCUT2D eigenvalue weighted by Crippen LogP contribution is -2.05. The first-order valence-corrected chi connectivity index (χ1v) is 12.1. The topological polar surface area (TPSA) is 72.3 Å². The van der Waals surface area contributed by atoms with Gasteiger partial charge in [0.2, 0.25) is 5.82 Å². The van der Waals surface area contributed by atoms with Gasteiger partial charge in [0.25, 0.3) is 0 Å². The van der Waals surface area contributed by atoms with Crippen molar-refractivity contribution in [1.82, 2.24) is 30.2 Å². The molecular formula is C29H26N6. The van der Waals surface area contributed by atoms with E-state index in [4.69, 9.17) is 4.98 Å². The van der Waals surface area contributed by atoms with E-state index in [-0.39, 0.29) is 0 Å². The fraction of sp³-hybridized carbons (Fsp3) is 0.172. The molecule has 35 heavy (non-hydrogen) atoms. The van der Waals surface area contributed by atoms with Crippen LogP contribution >= 0.6 is 0 Å². The van der Waals surface area contributed by atoms with Crippen LogP contribution < -0.4 is 0 Å². The zero-order chi connectivity index (χ0) is 23.6. The number of aryl methyl sites for hydroxylation is 1. The second kappa shape index (κ2) is 9.14. The molecule has 2 heterocycles. The number of aromatic nitrogens is 6. The van der Waals surface area contributed by atoms with Crippen molar-refractivity contribution in [2.75, 3.05) is 0 Å². The third-order valence-electron chi connectivity index (χ3n) is 6.58. The number of fused-ring (bicyclic) bond motifs is 3. The second-order valence-corrected chi connectivity index (χ2v) is 8.85. The molecule has 0 radical (unpaired) electrons. The molecule has 0 aliphatic carbocycles. The highest BCUT2D eigenvalue weighted by Gasteiger charge is 2.15. The van der Waals surface area contributed by atoms with E-state index in [0.29, 0.717) is 5.82 Å². The summed E-state index contributed by atoms with van der Waals surface area (Å²) in [5.74, 6) is 1.76. The Hall–Kier alpha value is -4.32. The van der Waals surface area contributed by atoms with Crippen LogP contribution in [0.4, 0.5) is 0 Å². The van der Waals surface area contributed by atoms with E-state index in [0.717, 1.165) is 53.8 Å². The maximum absolute atomic E-state index is 5.04. The summed E-state index contributed by atoms with van der Waals surface area (Å²) in [6.45, 7) is 3.02. The van der Waals surface area contributed by atoms with Crippen molar-refractivity contribution >= 4 is 21.8 Å². The van der Waals surface area contributed by atoms with Gasteiger partial charge in [-0.1, -0.05) is 92.2 Å². The Kier molecular flexibility index (Phi) is 5.54. The first-order valence-electron chi connectivity index (χ1n) is 12.1. The number of aromatic amines is 1. The molecule has 0 aliphatic rings. The molecule has 6 heteroatoms. The van der Waals surface area contributed by atoms with Crippen LogP contribution in [0.3, 0.4) is 0 Å². The monoisotopic (exact) mass is 458 g/mol. The number of rotatable bonds is 7. The molecule has 0 saturated heterocycles. The number of imidazole rings is 1. The normalized spacial score (nSPS) is 11.5. The lowest BCUT2D eigenvalue weighted by molar-refractivity contribution is 0.691. The quantitative estimate of drug-likeness (QED) is 0.299. The summed E-state index contributed by atoms with van der Waals surface area (Å²) in [4.78, 5) is 5.04. The van der Waals surface area contributed by atoms with Gasteiger partial charge in [-0.2, -0.15) is 5.21 Å². The predicted molar refractivity (Wildman–Crippen MR) is 140 cm³/mol. The van der Waals surface area contributed by atoms with E-state index in [9.17, 15) is 0 Å². The summed E-state index contributed by atoms with van der Waals surface area (Å²) in [5, 5.41) is 17.1. The molecule has 0 bridgehead atoms. The molecule has 6 rings (SSSR count). The van der Waals surface area contributed by atoms with Crippen molar-refractivity contribution in [3.8, 4) is 22.5 Å². The van der Waals surface area contributed by atoms with E-state index in [1.54, 1.807) is 0 Å².